The van der Waals surface area contributed by atoms with Gasteiger partial charge in [0.05, 0.1) is 0 Å². The zero-order chi connectivity index (χ0) is 13.0. The molecule has 2 aromatic heterocycles. The van der Waals surface area contributed by atoms with Gasteiger partial charge in [0.15, 0.2) is 10.1 Å². The molecule has 0 saturated carbocycles. The molecule has 0 aliphatic carbocycles. The van der Waals surface area contributed by atoms with E-state index >= 15 is 0 Å². The Morgan fingerprint density at radius 3 is 2.78 bits per heavy atom. The summed E-state index contributed by atoms with van der Waals surface area (Å²) in [5.74, 6) is 0.934. The van der Waals surface area contributed by atoms with Crippen molar-refractivity contribution < 1.29 is 4.79 Å². The monoisotopic (exact) mass is 279 g/mol. The van der Waals surface area contributed by atoms with Crippen LogP contribution in [0, 0.1) is 0 Å². The SMILES string of the molecule is CCC(=O)c1ccc(Sc2nc(CC)ns2)cn1. The summed E-state index contributed by atoms with van der Waals surface area (Å²) in [6.45, 7) is 3.86. The predicted molar refractivity (Wildman–Crippen MR) is 72.3 cm³/mol. The van der Waals surface area contributed by atoms with E-state index in [0.29, 0.717) is 12.1 Å². The van der Waals surface area contributed by atoms with E-state index in [1.807, 2.05) is 19.9 Å². The van der Waals surface area contributed by atoms with Crippen LogP contribution in [-0.2, 0) is 6.42 Å². The van der Waals surface area contributed by atoms with Crippen molar-refractivity contribution in [3.63, 3.8) is 0 Å². The fraction of sp³-hybridized carbons (Fsp3) is 0.333. The first-order valence-corrected chi connectivity index (χ1v) is 7.31. The molecule has 0 unspecified atom stereocenters. The smallest absolute Gasteiger partial charge is 0.180 e. The molecule has 6 heteroatoms. The van der Waals surface area contributed by atoms with Crippen molar-refractivity contribution in [2.45, 2.75) is 35.9 Å². The Morgan fingerprint density at radius 2 is 2.22 bits per heavy atom. The van der Waals surface area contributed by atoms with E-state index in [2.05, 4.69) is 14.3 Å². The molecule has 0 bridgehead atoms. The van der Waals surface area contributed by atoms with E-state index in [1.54, 1.807) is 12.3 Å². The third-order valence-electron chi connectivity index (χ3n) is 2.31. The lowest BCUT2D eigenvalue weighted by Crippen LogP contribution is -1.99. The molecule has 0 aromatic carbocycles. The van der Waals surface area contributed by atoms with Gasteiger partial charge in [-0.2, -0.15) is 4.37 Å². The van der Waals surface area contributed by atoms with Crippen LogP contribution in [0.25, 0.3) is 0 Å². The highest BCUT2D eigenvalue weighted by molar-refractivity contribution is 8.01. The van der Waals surface area contributed by atoms with Gasteiger partial charge < -0.3 is 0 Å². The van der Waals surface area contributed by atoms with Gasteiger partial charge in [-0.1, -0.05) is 25.6 Å². The van der Waals surface area contributed by atoms with Gasteiger partial charge >= 0.3 is 0 Å². The highest BCUT2D eigenvalue weighted by Gasteiger charge is 2.07. The summed E-state index contributed by atoms with van der Waals surface area (Å²) in [5, 5.41) is 0. The van der Waals surface area contributed by atoms with Crippen LogP contribution in [0.1, 0.15) is 36.6 Å². The van der Waals surface area contributed by atoms with Gasteiger partial charge in [-0.15, -0.1) is 0 Å². The Bertz CT molecular complexity index is 537. The van der Waals surface area contributed by atoms with E-state index < -0.39 is 0 Å². The van der Waals surface area contributed by atoms with Gasteiger partial charge in [0.1, 0.15) is 11.5 Å². The highest BCUT2D eigenvalue weighted by atomic mass is 32.2. The van der Waals surface area contributed by atoms with E-state index in [0.717, 1.165) is 21.5 Å². The van der Waals surface area contributed by atoms with Gasteiger partial charge in [0.25, 0.3) is 0 Å². The van der Waals surface area contributed by atoms with Gasteiger partial charge in [-0.3, -0.25) is 9.78 Å². The lowest BCUT2D eigenvalue weighted by atomic mass is 10.2. The number of pyridine rings is 1. The number of ketones is 1. The van der Waals surface area contributed by atoms with Gasteiger partial charge in [-0.05, 0) is 23.7 Å². The van der Waals surface area contributed by atoms with Crippen LogP contribution in [0.2, 0.25) is 0 Å². The lowest BCUT2D eigenvalue weighted by Gasteiger charge is -1.99. The second kappa shape index (κ2) is 6.06. The molecule has 2 aromatic rings. The Labute approximate surface area is 114 Å². The number of nitrogens with zero attached hydrogens (tertiary/aromatic N) is 3. The number of carbonyl (C=O) groups is 1. The Hall–Kier alpha value is -1.27. The van der Waals surface area contributed by atoms with Crippen LogP contribution < -0.4 is 0 Å². The topological polar surface area (TPSA) is 55.7 Å². The zero-order valence-corrected chi connectivity index (χ0v) is 11.8. The molecule has 94 valence electrons. The summed E-state index contributed by atoms with van der Waals surface area (Å²) in [6.07, 6.45) is 3.04. The molecule has 0 amide bonds. The van der Waals surface area contributed by atoms with Gasteiger partial charge in [0.2, 0.25) is 0 Å². The van der Waals surface area contributed by atoms with Crippen molar-refractivity contribution in [2.24, 2.45) is 0 Å². The standard InChI is InChI=1S/C12H13N3OS2/c1-3-10(16)9-6-5-8(7-13-9)17-12-14-11(4-2)15-18-12/h5-7H,3-4H2,1-2H3. The second-order valence-corrected chi connectivity index (χ2v) is 5.66. The first kappa shape index (κ1) is 13.2. The molecular formula is C12H13N3OS2. The fourth-order valence-corrected chi connectivity index (χ4v) is 2.95. The van der Waals surface area contributed by atoms with Crippen LogP contribution in [-0.4, -0.2) is 20.1 Å². The molecule has 0 spiro atoms. The first-order chi connectivity index (χ1) is 8.72. The fourth-order valence-electron chi connectivity index (χ4n) is 1.31. The van der Waals surface area contributed by atoms with Gasteiger partial charge in [-0.25, -0.2) is 4.98 Å². The maximum absolute atomic E-state index is 11.4. The summed E-state index contributed by atoms with van der Waals surface area (Å²) in [4.78, 5) is 20.9. The maximum Gasteiger partial charge on any atom is 0.180 e. The van der Waals surface area contributed by atoms with Crippen LogP contribution >= 0.6 is 23.3 Å². The quantitative estimate of drug-likeness (QED) is 0.786. The average Bonchev–Trinajstić information content (AvgIpc) is 2.86. The number of rotatable bonds is 5. The summed E-state index contributed by atoms with van der Waals surface area (Å²) in [6, 6.07) is 3.66. The molecule has 0 fully saturated rings. The van der Waals surface area contributed by atoms with Crippen molar-refractivity contribution in [2.75, 3.05) is 0 Å². The first-order valence-electron chi connectivity index (χ1n) is 5.72. The predicted octanol–water partition coefficient (Wildman–Crippen LogP) is 3.24. The number of aromatic nitrogens is 3. The molecule has 0 aliphatic heterocycles. The lowest BCUT2D eigenvalue weighted by molar-refractivity contribution is 0.0983. The summed E-state index contributed by atoms with van der Waals surface area (Å²) in [7, 11) is 0. The average molecular weight is 279 g/mol. The van der Waals surface area contributed by atoms with Crippen LogP contribution in [0.15, 0.2) is 27.6 Å². The van der Waals surface area contributed by atoms with Gasteiger partial charge in [0, 0.05) is 23.9 Å². The van der Waals surface area contributed by atoms with E-state index in [9.17, 15) is 4.79 Å². The minimum atomic E-state index is 0.0655. The van der Waals surface area contributed by atoms with Crippen molar-refractivity contribution in [1.29, 1.82) is 0 Å². The molecule has 0 atom stereocenters. The molecule has 0 saturated heterocycles. The molecule has 0 radical (unpaired) electrons. The molecular weight excluding hydrogens is 266 g/mol. The van der Waals surface area contributed by atoms with Crippen LogP contribution in [0.5, 0.6) is 0 Å². The maximum atomic E-state index is 11.4. The summed E-state index contributed by atoms with van der Waals surface area (Å²) < 4.78 is 5.13. The molecule has 2 heterocycles. The minimum absolute atomic E-state index is 0.0655. The Balaban J connectivity index is 2.08. The normalized spacial score (nSPS) is 10.6. The summed E-state index contributed by atoms with van der Waals surface area (Å²) >= 11 is 2.91. The van der Waals surface area contributed by atoms with E-state index in [4.69, 9.17) is 0 Å². The summed E-state index contributed by atoms with van der Waals surface area (Å²) in [5.41, 5.74) is 0.522. The third-order valence-corrected chi connectivity index (χ3v) is 4.08. The highest BCUT2D eigenvalue weighted by Crippen LogP contribution is 2.28. The molecule has 2 rings (SSSR count). The molecule has 4 nitrogen and oxygen atoms in total. The van der Waals surface area contributed by atoms with Crippen molar-refractivity contribution in [3.05, 3.63) is 29.8 Å². The van der Waals surface area contributed by atoms with Crippen molar-refractivity contribution in [3.8, 4) is 0 Å². The number of carbonyl (C=O) groups excluding carboxylic acids is 1. The largest absolute Gasteiger partial charge is 0.292 e. The Morgan fingerprint density at radius 1 is 1.39 bits per heavy atom. The van der Waals surface area contributed by atoms with E-state index in [1.165, 1.54) is 23.3 Å². The third kappa shape index (κ3) is 3.14. The van der Waals surface area contributed by atoms with Crippen molar-refractivity contribution >= 4 is 29.1 Å². The molecule has 0 N–H and O–H groups in total. The van der Waals surface area contributed by atoms with E-state index in [-0.39, 0.29) is 5.78 Å². The van der Waals surface area contributed by atoms with Crippen LogP contribution in [0.4, 0.5) is 0 Å². The number of hydrogen-bond acceptors (Lipinski definition) is 6. The number of Topliss-reactive ketones (excluding diaryl/α,β-unsaturated/α-hetero) is 1. The minimum Gasteiger partial charge on any atom is -0.292 e. The number of hydrogen-bond donors (Lipinski definition) is 0. The zero-order valence-electron chi connectivity index (χ0n) is 10.2. The van der Waals surface area contributed by atoms with Crippen molar-refractivity contribution in [1.82, 2.24) is 14.3 Å². The Kier molecular flexibility index (Phi) is 4.43. The molecule has 18 heavy (non-hydrogen) atoms. The van der Waals surface area contributed by atoms with Crippen LogP contribution in [0.3, 0.4) is 0 Å². The second-order valence-electron chi connectivity index (χ2n) is 3.59. The molecule has 0 aliphatic rings. The number of aryl methyl sites for hydroxylation is 1.